The molecule has 0 aromatic heterocycles. The van der Waals surface area contributed by atoms with Crippen LogP contribution in [0.25, 0.3) is 18.2 Å². The van der Waals surface area contributed by atoms with Gasteiger partial charge >= 0.3 is 10.1 Å². The number of ether oxygens (including phenoxy) is 5. The Morgan fingerprint density at radius 1 is 0.600 bits per heavy atom. The summed E-state index contributed by atoms with van der Waals surface area (Å²) in [6.07, 6.45) is 6.78. The first-order valence-electron chi connectivity index (χ1n) is 13.7. The lowest BCUT2D eigenvalue weighted by molar-refractivity contribution is 0.104. The van der Waals surface area contributed by atoms with Crippen LogP contribution in [0.2, 0.25) is 0 Å². The average molecular weight is 631 g/mol. The highest BCUT2D eigenvalue weighted by Crippen LogP contribution is 2.41. The van der Waals surface area contributed by atoms with Crippen LogP contribution in [0.3, 0.4) is 0 Å². The molecule has 4 rings (SSSR count). The van der Waals surface area contributed by atoms with Gasteiger partial charge in [-0.1, -0.05) is 54.1 Å². The van der Waals surface area contributed by atoms with Crippen molar-refractivity contribution in [2.45, 2.75) is 11.8 Å². The minimum Gasteiger partial charge on any atom is -0.496 e. The predicted octanol–water partition coefficient (Wildman–Crippen LogP) is 6.87. The molecule has 234 valence electrons. The molecular weight excluding hydrogens is 596 g/mol. The number of benzene rings is 4. The summed E-state index contributed by atoms with van der Waals surface area (Å²) in [4.78, 5) is 12.9. The summed E-state index contributed by atoms with van der Waals surface area (Å²) in [5.41, 5.74) is 3.60. The lowest BCUT2D eigenvalue weighted by Crippen LogP contribution is -2.11. The number of ketones is 1. The van der Waals surface area contributed by atoms with Crippen molar-refractivity contribution in [3.63, 3.8) is 0 Å². The van der Waals surface area contributed by atoms with Gasteiger partial charge in [-0.2, -0.15) is 8.42 Å². The van der Waals surface area contributed by atoms with Gasteiger partial charge in [0.1, 0.15) is 10.6 Å². The molecule has 0 amide bonds. The molecule has 9 nitrogen and oxygen atoms in total. The van der Waals surface area contributed by atoms with Gasteiger partial charge in [-0.25, -0.2) is 0 Å². The number of carbonyl (C=O) groups excluding carboxylic acids is 1. The van der Waals surface area contributed by atoms with E-state index < -0.39 is 10.1 Å². The normalized spacial score (nSPS) is 11.4. The summed E-state index contributed by atoms with van der Waals surface area (Å²) in [5.74, 6) is 1.71. The summed E-state index contributed by atoms with van der Waals surface area (Å²) in [6.45, 7) is 1.86. The summed E-state index contributed by atoms with van der Waals surface area (Å²) < 4.78 is 58.3. The summed E-state index contributed by atoms with van der Waals surface area (Å²) in [5, 5.41) is 0. The Hall–Kier alpha value is -5.22. The van der Waals surface area contributed by atoms with Gasteiger partial charge < -0.3 is 27.9 Å². The molecule has 0 atom stereocenters. The Balaban J connectivity index is 1.51. The number of carbonyl (C=O) groups is 1. The minimum absolute atomic E-state index is 0.0132. The van der Waals surface area contributed by atoms with Gasteiger partial charge in [-0.15, -0.1) is 0 Å². The van der Waals surface area contributed by atoms with Crippen molar-refractivity contribution in [2.24, 2.45) is 0 Å². The van der Waals surface area contributed by atoms with Gasteiger partial charge in [-0.05, 0) is 60.5 Å². The number of hydrogen-bond donors (Lipinski definition) is 0. The molecule has 0 saturated heterocycles. The SMILES string of the molecule is COc1cc(OC)c(OC)cc1/C=C/C(=O)c1ccc(/C=C/c2cc(OC)c(OS(=O)(=O)c3ccc(C)cc3)c(OC)c2)cc1. The van der Waals surface area contributed by atoms with Crippen LogP contribution in [0, 0.1) is 6.92 Å². The van der Waals surface area contributed by atoms with Crippen LogP contribution in [0.5, 0.6) is 34.5 Å². The van der Waals surface area contributed by atoms with Crippen molar-refractivity contribution in [3.05, 3.63) is 107 Å². The molecule has 0 spiro atoms. The molecule has 0 aliphatic carbocycles. The van der Waals surface area contributed by atoms with E-state index in [4.69, 9.17) is 27.9 Å². The second kappa shape index (κ2) is 14.5. The largest absolute Gasteiger partial charge is 0.496 e. The second-order valence-corrected chi connectivity index (χ2v) is 11.3. The lowest BCUT2D eigenvalue weighted by Gasteiger charge is -2.15. The van der Waals surface area contributed by atoms with Crippen LogP contribution < -0.4 is 27.9 Å². The van der Waals surface area contributed by atoms with Crippen molar-refractivity contribution in [1.29, 1.82) is 0 Å². The van der Waals surface area contributed by atoms with Crippen molar-refractivity contribution in [2.75, 3.05) is 35.5 Å². The Bertz CT molecular complexity index is 1800. The molecule has 0 aliphatic heterocycles. The van der Waals surface area contributed by atoms with E-state index in [0.717, 1.165) is 11.1 Å². The summed E-state index contributed by atoms with van der Waals surface area (Å²) >= 11 is 0. The third kappa shape index (κ3) is 7.84. The molecule has 4 aromatic rings. The highest BCUT2D eigenvalue weighted by Gasteiger charge is 2.23. The van der Waals surface area contributed by atoms with Gasteiger partial charge in [-0.3, -0.25) is 4.79 Å². The van der Waals surface area contributed by atoms with Crippen LogP contribution in [0.4, 0.5) is 0 Å². The molecule has 45 heavy (non-hydrogen) atoms. The van der Waals surface area contributed by atoms with E-state index in [1.807, 2.05) is 31.2 Å². The van der Waals surface area contributed by atoms with E-state index in [1.54, 1.807) is 54.6 Å². The predicted molar refractivity (Wildman–Crippen MR) is 173 cm³/mol. The van der Waals surface area contributed by atoms with E-state index in [1.165, 1.54) is 53.8 Å². The Kier molecular flexibility index (Phi) is 10.5. The quantitative estimate of drug-likeness (QED) is 0.0677. The molecular formula is C35H34O9S. The topological polar surface area (TPSA) is 107 Å². The summed E-state index contributed by atoms with van der Waals surface area (Å²) in [6, 6.07) is 20.1. The number of hydrogen-bond acceptors (Lipinski definition) is 9. The molecule has 0 saturated carbocycles. The first-order valence-corrected chi connectivity index (χ1v) is 15.1. The van der Waals surface area contributed by atoms with E-state index in [2.05, 4.69) is 0 Å². The van der Waals surface area contributed by atoms with E-state index in [0.29, 0.717) is 33.9 Å². The van der Waals surface area contributed by atoms with Gasteiger partial charge in [0.05, 0.1) is 35.5 Å². The highest BCUT2D eigenvalue weighted by atomic mass is 32.2. The smallest absolute Gasteiger partial charge is 0.339 e. The van der Waals surface area contributed by atoms with E-state index in [-0.39, 0.29) is 27.9 Å². The molecule has 10 heteroatoms. The Morgan fingerprint density at radius 3 is 1.69 bits per heavy atom. The monoisotopic (exact) mass is 630 g/mol. The van der Waals surface area contributed by atoms with Crippen LogP contribution >= 0.6 is 0 Å². The molecule has 4 aromatic carbocycles. The third-order valence-corrected chi connectivity index (χ3v) is 8.03. The fraction of sp³-hybridized carbons (Fsp3) is 0.171. The maximum atomic E-state index is 12.9. The van der Waals surface area contributed by atoms with E-state index >= 15 is 0 Å². The van der Waals surface area contributed by atoms with Crippen molar-refractivity contribution in [3.8, 4) is 34.5 Å². The van der Waals surface area contributed by atoms with Gasteiger partial charge in [0.2, 0.25) is 5.75 Å². The first kappa shape index (κ1) is 32.7. The number of methoxy groups -OCH3 is 5. The zero-order valence-corrected chi connectivity index (χ0v) is 26.6. The maximum absolute atomic E-state index is 12.9. The van der Waals surface area contributed by atoms with Crippen molar-refractivity contribution in [1.82, 2.24) is 0 Å². The molecule has 0 aliphatic rings. The molecule has 0 N–H and O–H groups in total. The van der Waals surface area contributed by atoms with E-state index in [9.17, 15) is 13.2 Å². The maximum Gasteiger partial charge on any atom is 0.339 e. The lowest BCUT2D eigenvalue weighted by atomic mass is 10.1. The molecule has 0 heterocycles. The minimum atomic E-state index is -4.13. The third-order valence-electron chi connectivity index (χ3n) is 6.80. The molecule has 0 fully saturated rings. The average Bonchev–Trinajstić information content (AvgIpc) is 3.06. The fourth-order valence-corrected chi connectivity index (χ4v) is 5.29. The zero-order chi connectivity index (χ0) is 32.6. The van der Waals surface area contributed by atoms with Crippen LogP contribution in [0.1, 0.15) is 32.6 Å². The van der Waals surface area contributed by atoms with Gasteiger partial charge in [0.25, 0.3) is 0 Å². The standard InChI is InChI=1S/C35H34O9S/c1-23-7-16-28(17-8-23)45(37,38)44-35-33(42-5)19-25(20-34(35)43-6)10-9-24-11-13-26(14-12-24)29(36)18-15-27-21-31(40-3)32(41-4)22-30(27)39-2/h7-22H,1-6H3/b10-9+,18-15+. The number of allylic oxidation sites excluding steroid dienone is 1. The van der Waals surface area contributed by atoms with Crippen LogP contribution in [0.15, 0.2) is 83.8 Å². The van der Waals surface area contributed by atoms with Gasteiger partial charge in [0.15, 0.2) is 28.8 Å². The second-order valence-electron chi connectivity index (χ2n) is 9.71. The molecule has 0 radical (unpaired) electrons. The molecule has 0 bridgehead atoms. The summed E-state index contributed by atoms with van der Waals surface area (Å²) in [7, 11) is 3.32. The first-order chi connectivity index (χ1) is 21.6. The zero-order valence-electron chi connectivity index (χ0n) is 25.8. The number of aryl methyl sites for hydroxylation is 1. The van der Waals surface area contributed by atoms with Crippen LogP contribution in [-0.4, -0.2) is 49.8 Å². The molecule has 0 unspecified atom stereocenters. The fourth-order valence-electron chi connectivity index (χ4n) is 4.34. The number of rotatable bonds is 13. The van der Waals surface area contributed by atoms with Crippen molar-refractivity contribution >= 4 is 34.1 Å². The van der Waals surface area contributed by atoms with Crippen LogP contribution in [-0.2, 0) is 10.1 Å². The Labute approximate surface area is 263 Å². The Morgan fingerprint density at radius 2 is 1.13 bits per heavy atom. The van der Waals surface area contributed by atoms with Gasteiger partial charge in [0, 0.05) is 17.2 Å². The highest BCUT2D eigenvalue weighted by molar-refractivity contribution is 7.87. The van der Waals surface area contributed by atoms with Crippen molar-refractivity contribution < 1.29 is 41.1 Å².